The average molecular weight is 263 g/mol. The van der Waals surface area contributed by atoms with E-state index >= 15 is 0 Å². The summed E-state index contributed by atoms with van der Waals surface area (Å²) in [4.78, 5) is 26.8. The van der Waals surface area contributed by atoms with Crippen LogP contribution < -0.4 is 11.1 Å². The molecule has 0 unspecified atom stereocenters. The molecule has 0 saturated heterocycles. The van der Waals surface area contributed by atoms with Gasteiger partial charge in [0.1, 0.15) is 11.5 Å². The van der Waals surface area contributed by atoms with Crippen molar-refractivity contribution in [3.8, 4) is 0 Å². The molecule has 2 aromatic rings. The lowest BCUT2D eigenvalue weighted by Gasteiger charge is -2.02. The summed E-state index contributed by atoms with van der Waals surface area (Å²) in [5, 5.41) is 2.79. The molecule has 1 fully saturated rings. The van der Waals surface area contributed by atoms with Crippen molar-refractivity contribution in [2.24, 2.45) is 11.7 Å². The van der Waals surface area contributed by atoms with Gasteiger partial charge in [-0.25, -0.2) is 9.37 Å². The Hall–Kier alpha value is -2.44. The van der Waals surface area contributed by atoms with E-state index in [4.69, 9.17) is 10.2 Å². The fourth-order valence-corrected chi connectivity index (χ4v) is 1.83. The molecule has 0 radical (unpaired) electrons. The average Bonchev–Trinajstić information content (AvgIpc) is 3.14. The van der Waals surface area contributed by atoms with Crippen LogP contribution in [-0.2, 0) is 4.79 Å². The third-order valence-electron chi connectivity index (χ3n) is 2.93. The second-order valence-electron chi connectivity index (χ2n) is 4.44. The highest BCUT2D eigenvalue weighted by atomic mass is 19.1. The predicted molar refractivity (Wildman–Crippen MR) is 63.8 cm³/mol. The molecule has 2 heterocycles. The van der Waals surface area contributed by atoms with Crippen molar-refractivity contribution < 1.29 is 18.4 Å². The first kappa shape index (κ1) is 11.6. The number of nitrogens with one attached hydrogen (secondary N) is 1. The van der Waals surface area contributed by atoms with Crippen LogP contribution in [0.15, 0.2) is 16.7 Å². The third-order valence-corrected chi connectivity index (χ3v) is 2.93. The van der Waals surface area contributed by atoms with Crippen molar-refractivity contribution in [1.82, 2.24) is 4.98 Å². The zero-order valence-corrected chi connectivity index (χ0v) is 9.77. The monoisotopic (exact) mass is 263 g/mol. The van der Waals surface area contributed by atoms with E-state index in [-0.39, 0.29) is 34.4 Å². The van der Waals surface area contributed by atoms with Crippen LogP contribution in [0.3, 0.4) is 0 Å². The quantitative estimate of drug-likeness (QED) is 0.874. The highest BCUT2D eigenvalue weighted by Crippen LogP contribution is 2.34. The van der Waals surface area contributed by atoms with E-state index in [0.717, 1.165) is 25.1 Å². The minimum atomic E-state index is -0.843. The molecule has 0 aromatic carbocycles. The van der Waals surface area contributed by atoms with E-state index in [1.54, 1.807) is 0 Å². The van der Waals surface area contributed by atoms with Gasteiger partial charge in [0, 0.05) is 5.92 Å². The van der Waals surface area contributed by atoms with Crippen molar-refractivity contribution in [3.05, 3.63) is 23.8 Å². The van der Waals surface area contributed by atoms with Crippen molar-refractivity contribution in [1.29, 1.82) is 0 Å². The molecule has 7 heteroatoms. The second kappa shape index (κ2) is 4.04. The molecule has 19 heavy (non-hydrogen) atoms. The molecule has 98 valence electrons. The number of hydrogen-bond acceptors (Lipinski definition) is 4. The Kier molecular flexibility index (Phi) is 2.48. The normalized spacial score (nSPS) is 14.6. The highest BCUT2D eigenvalue weighted by Gasteiger charge is 2.32. The standard InChI is InChI=1S/C12H10FN3O3/c13-6-3-7-8(16-11(18)5-1-2-5)9(10(14)17)19-12(7)15-4-6/h3-5H,1-2H2,(H2,14,17)(H,16,18). The highest BCUT2D eigenvalue weighted by molar-refractivity contribution is 6.10. The second-order valence-corrected chi connectivity index (χ2v) is 4.44. The number of nitrogens with two attached hydrogens (primary N) is 1. The lowest BCUT2D eigenvalue weighted by Crippen LogP contribution is -2.17. The summed E-state index contributed by atoms with van der Waals surface area (Å²) in [5.41, 5.74) is 5.32. The number of rotatable bonds is 3. The number of nitrogens with zero attached hydrogens (tertiary/aromatic N) is 1. The largest absolute Gasteiger partial charge is 0.430 e. The van der Waals surface area contributed by atoms with E-state index in [2.05, 4.69) is 10.3 Å². The number of carbonyl (C=O) groups is 2. The number of furan rings is 1. The lowest BCUT2D eigenvalue weighted by molar-refractivity contribution is -0.117. The van der Waals surface area contributed by atoms with Crippen molar-refractivity contribution in [3.63, 3.8) is 0 Å². The summed E-state index contributed by atoms with van der Waals surface area (Å²) in [6, 6.07) is 1.14. The first-order chi connectivity index (χ1) is 9.06. The number of anilines is 1. The fraction of sp³-hybridized carbons (Fsp3) is 0.250. The summed E-state index contributed by atoms with van der Waals surface area (Å²) >= 11 is 0. The topological polar surface area (TPSA) is 98.2 Å². The van der Waals surface area contributed by atoms with Gasteiger partial charge in [-0.15, -0.1) is 0 Å². The maximum absolute atomic E-state index is 13.2. The number of fused-ring (bicyclic) bond motifs is 1. The van der Waals surface area contributed by atoms with Crippen LogP contribution in [0.1, 0.15) is 23.4 Å². The van der Waals surface area contributed by atoms with Crippen LogP contribution in [0.4, 0.5) is 10.1 Å². The molecule has 0 atom stereocenters. The Balaban J connectivity index is 2.11. The number of pyridine rings is 1. The number of primary amides is 1. The molecule has 0 bridgehead atoms. The molecule has 6 nitrogen and oxygen atoms in total. The summed E-state index contributed by atoms with van der Waals surface area (Å²) in [7, 11) is 0. The molecule has 3 N–H and O–H groups in total. The zero-order chi connectivity index (χ0) is 13.6. The fourth-order valence-electron chi connectivity index (χ4n) is 1.83. The van der Waals surface area contributed by atoms with Crippen LogP contribution in [0.25, 0.3) is 11.1 Å². The van der Waals surface area contributed by atoms with Crippen LogP contribution in [0, 0.1) is 11.7 Å². The molecule has 1 aliphatic carbocycles. The number of aromatic nitrogens is 1. The van der Waals surface area contributed by atoms with Gasteiger partial charge in [-0.2, -0.15) is 0 Å². The zero-order valence-electron chi connectivity index (χ0n) is 9.77. The van der Waals surface area contributed by atoms with Gasteiger partial charge in [0.15, 0.2) is 0 Å². The molecule has 1 aliphatic rings. The van der Waals surface area contributed by atoms with E-state index < -0.39 is 11.7 Å². The summed E-state index contributed by atoms with van der Waals surface area (Å²) < 4.78 is 18.4. The van der Waals surface area contributed by atoms with E-state index in [1.807, 2.05) is 0 Å². The Bertz CT molecular complexity index is 691. The van der Waals surface area contributed by atoms with E-state index in [9.17, 15) is 14.0 Å². The smallest absolute Gasteiger partial charge is 0.286 e. The van der Waals surface area contributed by atoms with E-state index in [1.165, 1.54) is 0 Å². The Morgan fingerprint density at radius 1 is 1.47 bits per heavy atom. The third kappa shape index (κ3) is 2.03. The number of amides is 2. The molecule has 2 aromatic heterocycles. The maximum atomic E-state index is 13.2. The van der Waals surface area contributed by atoms with Crippen LogP contribution >= 0.6 is 0 Å². The van der Waals surface area contributed by atoms with Crippen LogP contribution in [0.2, 0.25) is 0 Å². The molecule has 3 rings (SSSR count). The molecule has 2 amide bonds. The maximum Gasteiger partial charge on any atom is 0.286 e. The minimum absolute atomic E-state index is 0.0568. The molecular formula is C12H10FN3O3. The van der Waals surface area contributed by atoms with Crippen LogP contribution in [-0.4, -0.2) is 16.8 Å². The lowest BCUT2D eigenvalue weighted by atomic mass is 10.2. The molecular weight excluding hydrogens is 253 g/mol. The predicted octanol–water partition coefficient (Wildman–Crippen LogP) is 1.41. The summed E-state index contributed by atoms with van der Waals surface area (Å²) in [6.45, 7) is 0. The van der Waals surface area contributed by atoms with Gasteiger partial charge < -0.3 is 15.5 Å². The summed E-state index contributed by atoms with van der Waals surface area (Å²) in [5.74, 6) is -1.94. The summed E-state index contributed by atoms with van der Waals surface area (Å²) in [6.07, 6.45) is 2.57. The van der Waals surface area contributed by atoms with Gasteiger partial charge >= 0.3 is 0 Å². The number of hydrogen-bond donors (Lipinski definition) is 2. The van der Waals surface area contributed by atoms with Gasteiger partial charge in [-0.1, -0.05) is 0 Å². The SMILES string of the molecule is NC(=O)c1oc2ncc(F)cc2c1NC(=O)C1CC1. The number of halogens is 1. The van der Waals surface area contributed by atoms with Gasteiger partial charge in [0.25, 0.3) is 5.91 Å². The number of carbonyl (C=O) groups excluding carboxylic acids is 2. The van der Waals surface area contributed by atoms with Gasteiger partial charge in [0.05, 0.1) is 11.6 Å². The Labute approximate surface area is 106 Å². The van der Waals surface area contributed by atoms with Gasteiger partial charge in [-0.3, -0.25) is 9.59 Å². The van der Waals surface area contributed by atoms with Gasteiger partial charge in [0.2, 0.25) is 17.4 Å². The molecule has 0 spiro atoms. The van der Waals surface area contributed by atoms with E-state index in [0.29, 0.717) is 0 Å². The first-order valence-corrected chi connectivity index (χ1v) is 5.75. The first-order valence-electron chi connectivity index (χ1n) is 5.75. The van der Waals surface area contributed by atoms with Crippen molar-refractivity contribution >= 4 is 28.6 Å². The molecule has 0 aliphatic heterocycles. The van der Waals surface area contributed by atoms with Crippen LogP contribution in [0.5, 0.6) is 0 Å². The minimum Gasteiger partial charge on any atom is -0.430 e. The Morgan fingerprint density at radius 3 is 2.84 bits per heavy atom. The Morgan fingerprint density at radius 2 is 2.21 bits per heavy atom. The molecule has 1 saturated carbocycles. The van der Waals surface area contributed by atoms with Crippen molar-refractivity contribution in [2.45, 2.75) is 12.8 Å². The van der Waals surface area contributed by atoms with Gasteiger partial charge in [-0.05, 0) is 18.9 Å². The van der Waals surface area contributed by atoms with Crippen molar-refractivity contribution in [2.75, 3.05) is 5.32 Å².